The Morgan fingerprint density at radius 3 is 2.70 bits per heavy atom. The molecule has 2 N–H and O–H groups in total. The van der Waals surface area contributed by atoms with Gasteiger partial charge in [-0.3, -0.25) is 0 Å². The van der Waals surface area contributed by atoms with E-state index in [1.807, 2.05) is 13.0 Å². The first-order valence-corrected chi connectivity index (χ1v) is 6.44. The number of methoxy groups -OCH3 is 2. The van der Waals surface area contributed by atoms with Gasteiger partial charge in [0.1, 0.15) is 12.1 Å². The van der Waals surface area contributed by atoms with E-state index in [1.54, 1.807) is 14.2 Å². The summed E-state index contributed by atoms with van der Waals surface area (Å²) in [7, 11) is 3.21. The maximum absolute atomic E-state index is 8.84. The highest BCUT2D eigenvalue weighted by Gasteiger charge is 2.15. The molecule has 108 valence electrons. The molecule has 0 unspecified atom stereocenters. The van der Waals surface area contributed by atoms with Crippen molar-refractivity contribution in [2.75, 3.05) is 32.7 Å². The van der Waals surface area contributed by atoms with Gasteiger partial charge in [0.05, 0.1) is 19.7 Å². The van der Waals surface area contributed by atoms with E-state index >= 15 is 0 Å². The molecule has 2 rings (SSSR count). The maximum Gasteiger partial charge on any atom is 0.165 e. The maximum atomic E-state index is 8.84. The summed E-state index contributed by atoms with van der Waals surface area (Å²) in [5.74, 6) is 2.06. The highest BCUT2D eigenvalue weighted by Crippen LogP contribution is 2.37. The Morgan fingerprint density at radius 2 is 2.05 bits per heavy atom. The van der Waals surface area contributed by atoms with E-state index < -0.39 is 0 Å². The van der Waals surface area contributed by atoms with E-state index in [4.69, 9.17) is 14.6 Å². The average Bonchev–Trinajstić information content (AvgIpc) is 2.47. The summed E-state index contributed by atoms with van der Waals surface area (Å²) in [5, 5.41) is 12.9. The first-order chi connectivity index (χ1) is 9.72. The summed E-state index contributed by atoms with van der Waals surface area (Å²) in [6.07, 6.45) is 2.18. The molecule has 20 heavy (non-hydrogen) atoms. The van der Waals surface area contributed by atoms with Crippen molar-refractivity contribution >= 4 is 16.7 Å². The monoisotopic (exact) mass is 277 g/mol. The fraction of sp³-hybridized carbons (Fsp3) is 0.429. The van der Waals surface area contributed by atoms with Crippen LogP contribution in [0.3, 0.4) is 0 Å². The van der Waals surface area contributed by atoms with Crippen molar-refractivity contribution in [3.8, 4) is 11.5 Å². The van der Waals surface area contributed by atoms with Crippen LogP contribution in [0, 0.1) is 6.92 Å². The number of anilines is 1. The van der Waals surface area contributed by atoms with Crippen molar-refractivity contribution in [3.63, 3.8) is 0 Å². The Kier molecular flexibility index (Phi) is 4.57. The number of nitrogens with one attached hydrogen (secondary N) is 1. The fourth-order valence-corrected chi connectivity index (χ4v) is 2.15. The molecule has 0 amide bonds. The molecule has 0 aliphatic carbocycles. The van der Waals surface area contributed by atoms with Crippen molar-refractivity contribution in [2.24, 2.45) is 0 Å². The number of benzene rings is 1. The van der Waals surface area contributed by atoms with Crippen molar-refractivity contribution in [3.05, 3.63) is 18.0 Å². The lowest BCUT2D eigenvalue weighted by atomic mass is 10.1. The number of aliphatic hydroxyl groups excluding tert-OH is 1. The topological polar surface area (TPSA) is 76.5 Å². The lowest BCUT2D eigenvalue weighted by molar-refractivity contribution is 0.292. The van der Waals surface area contributed by atoms with Crippen LogP contribution in [-0.2, 0) is 0 Å². The first kappa shape index (κ1) is 14.3. The molecular weight excluding hydrogens is 258 g/mol. The van der Waals surface area contributed by atoms with E-state index in [0.29, 0.717) is 24.5 Å². The molecule has 0 saturated carbocycles. The molecule has 1 heterocycles. The Morgan fingerprint density at radius 1 is 1.25 bits per heavy atom. The fourth-order valence-electron chi connectivity index (χ4n) is 2.15. The van der Waals surface area contributed by atoms with Gasteiger partial charge in [-0.25, -0.2) is 9.97 Å². The van der Waals surface area contributed by atoms with E-state index in [0.717, 1.165) is 22.3 Å². The van der Waals surface area contributed by atoms with Crippen LogP contribution < -0.4 is 14.8 Å². The van der Waals surface area contributed by atoms with Gasteiger partial charge < -0.3 is 19.9 Å². The molecule has 0 aliphatic heterocycles. The number of rotatable bonds is 6. The van der Waals surface area contributed by atoms with Gasteiger partial charge in [-0.2, -0.15) is 0 Å². The molecule has 0 atom stereocenters. The zero-order valence-corrected chi connectivity index (χ0v) is 11.9. The van der Waals surface area contributed by atoms with Crippen LogP contribution >= 0.6 is 0 Å². The van der Waals surface area contributed by atoms with E-state index in [9.17, 15) is 0 Å². The summed E-state index contributed by atoms with van der Waals surface area (Å²) in [4.78, 5) is 8.57. The van der Waals surface area contributed by atoms with Gasteiger partial charge in [0.25, 0.3) is 0 Å². The number of ether oxygens (including phenoxy) is 2. The number of hydrogen-bond acceptors (Lipinski definition) is 6. The number of fused-ring (bicyclic) bond motifs is 1. The number of aliphatic hydroxyl groups is 1. The molecule has 1 aromatic carbocycles. The molecule has 0 aliphatic rings. The van der Waals surface area contributed by atoms with Gasteiger partial charge in [-0.1, -0.05) is 0 Å². The molecule has 0 fully saturated rings. The second-order valence-corrected chi connectivity index (χ2v) is 4.36. The smallest absolute Gasteiger partial charge is 0.165 e. The van der Waals surface area contributed by atoms with E-state index in [-0.39, 0.29) is 6.61 Å². The molecule has 0 bridgehead atoms. The van der Waals surface area contributed by atoms with Crippen LogP contribution in [0.5, 0.6) is 11.5 Å². The van der Waals surface area contributed by atoms with Crippen molar-refractivity contribution in [1.82, 2.24) is 9.97 Å². The molecule has 0 spiro atoms. The summed E-state index contributed by atoms with van der Waals surface area (Å²) in [6.45, 7) is 2.73. The minimum Gasteiger partial charge on any atom is -0.493 e. The van der Waals surface area contributed by atoms with E-state index in [2.05, 4.69) is 15.3 Å². The largest absolute Gasteiger partial charge is 0.493 e. The van der Waals surface area contributed by atoms with Crippen LogP contribution in [0.1, 0.15) is 12.0 Å². The highest BCUT2D eigenvalue weighted by atomic mass is 16.5. The van der Waals surface area contributed by atoms with Crippen LogP contribution in [0.2, 0.25) is 0 Å². The molecule has 6 heteroatoms. The van der Waals surface area contributed by atoms with Gasteiger partial charge in [-0.05, 0) is 19.4 Å². The minimum atomic E-state index is 0.145. The normalized spacial score (nSPS) is 10.6. The zero-order valence-electron chi connectivity index (χ0n) is 11.9. The zero-order chi connectivity index (χ0) is 14.5. The Labute approximate surface area is 117 Å². The van der Waals surface area contributed by atoms with Crippen LogP contribution in [0.25, 0.3) is 10.9 Å². The van der Waals surface area contributed by atoms with Gasteiger partial charge in [0.2, 0.25) is 0 Å². The second kappa shape index (κ2) is 6.38. The van der Waals surface area contributed by atoms with Gasteiger partial charge in [-0.15, -0.1) is 0 Å². The number of nitrogens with zero attached hydrogens (tertiary/aromatic N) is 2. The predicted molar refractivity (Wildman–Crippen MR) is 77.6 cm³/mol. The van der Waals surface area contributed by atoms with Crippen molar-refractivity contribution < 1.29 is 14.6 Å². The van der Waals surface area contributed by atoms with Gasteiger partial charge in [0, 0.05) is 24.1 Å². The molecule has 0 radical (unpaired) electrons. The van der Waals surface area contributed by atoms with Crippen molar-refractivity contribution in [1.29, 1.82) is 0 Å². The molecule has 2 aromatic rings. The third-order valence-corrected chi connectivity index (χ3v) is 3.13. The van der Waals surface area contributed by atoms with Crippen LogP contribution in [0.4, 0.5) is 5.82 Å². The van der Waals surface area contributed by atoms with Gasteiger partial charge in [0.15, 0.2) is 11.5 Å². The Hall–Kier alpha value is -2.08. The van der Waals surface area contributed by atoms with Crippen molar-refractivity contribution in [2.45, 2.75) is 13.3 Å². The summed E-state index contributed by atoms with van der Waals surface area (Å²) < 4.78 is 10.7. The molecule has 1 aromatic heterocycles. The van der Waals surface area contributed by atoms with Gasteiger partial charge >= 0.3 is 0 Å². The summed E-state index contributed by atoms with van der Waals surface area (Å²) >= 11 is 0. The molecule has 0 saturated heterocycles. The SMILES string of the molecule is COc1cc2c(NCCCO)ncnc2c(C)c1OC. The quantitative estimate of drug-likeness (QED) is 0.783. The summed E-state index contributed by atoms with van der Waals surface area (Å²) in [5.41, 5.74) is 1.73. The van der Waals surface area contributed by atoms with Crippen LogP contribution in [-0.4, -0.2) is 42.4 Å². The third-order valence-electron chi connectivity index (χ3n) is 3.13. The first-order valence-electron chi connectivity index (χ1n) is 6.44. The summed E-state index contributed by atoms with van der Waals surface area (Å²) in [6, 6.07) is 1.86. The Balaban J connectivity index is 2.53. The number of aromatic nitrogens is 2. The number of aryl methyl sites for hydroxylation is 1. The lowest BCUT2D eigenvalue weighted by Gasteiger charge is -2.14. The second-order valence-electron chi connectivity index (χ2n) is 4.36. The highest BCUT2D eigenvalue weighted by molar-refractivity contribution is 5.94. The van der Waals surface area contributed by atoms with Crippen LogP contribution in [0.15, 0.2) is 12.4 Å². The minimum absolute atomic E-state index is 0.145. The van der Waals surface area contributed by atoms with E-state index in [1.165, 1.54) is 6.33 Å². The molecular formula is C14H19N3O3. The number of hydrogen-bond donors (Lipinski definition) is 2. The lowest BCUT2D eigenvalue weighted by Crippen LogP contribution is -2.06. The standard InChI is InChI=1S/C14H19N3O3/c1-9-12-10(7-11(19-2)13(9)20-3)14(17-8-16-12)15-5-4-6-18/h7-8,18H,4-6H2,1-3H3,(H,15,16,17). The average molecular weight is 277 g/mol. The Bertz CT molecular complexity index is 602. The predicted octanol–water partition coefficient (Wildman–Crippen LogP) is 1.75. The third kappa shape index (κ3) is 2.60. The molecule has 6 nitrogen and oxygen atoms in total.